The smallest absolute Gasteiger partial charge is 0.176 e. The predicted octanol–water partition coefficient (Wildman–Crippen LogP) is -0.464. The van der Waals surface area contributed by atoms with Crippen LogP contribution in [-0.4, -0.2) is 58.7 Å². The number of ether oxygens (including phenoxy) is 2. The number of nitrogens with one attached hydrogen (secondary N) is 1. The lowest BCUT2D eigenvalue weighted by Crippen LogP contribution is -2.48. The third-order valence-electron chi connectivity index (χ3n) is 2.90. The van der Waals surface area contributed by atoms with Gasteiger partial charge in [-0.15, -0.1) is 10.2 Å². The number of hydrogen-bond donors (Lipinski definition) is 1. The van der Waals surface area contributed by atoms with Crippen molar-refractivity contribution in [2.45, 2.75) is 31.9 Å². The highest BCUT2D eigenvalue weighted by atomic mass is 16.6. The van der Waals surface area contributed by atoms with Gasteiger partial charge >= 0.3 is 0 Å². The molecule has 1 saturated heterocycles. The Labute approximate surface area is 107 Å². The molecule has 1 aromatic heterocycles. The Morgan fingerprint density at radius 1 is 1.50 bits per heavy atom. The van der Waals surface area contributed by atoms with Gasteiger partial charge in [0.2, 0.25) is 0 Å². The fourth-order valence-electron chi connectivity index (χ4n) is 2.00. The molecule has 1 N–H and O–H groups in total. The zero-order chi connectivity index (χ0) is 12.8. The fraction of sp³-hybridized carbons (Fsp3) is 0.909. The molecule has 1 aliphatic rings. The Bertz CT molecular complexity index is 351. The summed E-state index contributed by atoms with van der Waals surface area (Å²) in [6, 6.07) is 0.175. The quantitative estimate of drug-likeness (QED) is 0.741. The van der Waals surface area contributed by atoms with E-state index in [4.69, 9.17) is 9.47 Å². The number of aryl methyl sites for hydroxylation is 1. The molecule has 102 valence electrons. The molecule has 0 saturated carbocycles. The monoisotopic (exact) mass is 255 g/mol. The Morgan fingerprint density at radius 3 is 3.00 bits per heavy atom. The van der Waals surface area contributed by atoms with Crippen molar-refractivity contribution in [2.24, 2.45) is 7.05 Å². The van der Waals surface area contributed by atoms with Gasteiger partial charge in [0.15, 0.2) is 5.82 Å². The second-order valence-electron chi connectivity index (χ2n) is 4.44. The zero-order valence-electron chi connectivity index (χ0n) is 11.0. The van der Waals surface area contributed by atoms with Crippen molar-refractivity contribution in [3.8, 4) is 0 Å². The molecule has 1 fully saturated rings. The molecule has 1 aliphatic heterocycles. The minimum atomic E-state index is 0.0640. The molecule has 7 heteroatoms. The summed E-state index contributed by atoms with van der Waals surface area (Å²) in [4.78, 5) is 1.48. The molecule has 0 radical (unpaired) electrons. The van der Waals surface area contributed by atoms with Crippen LogP contribution in [0.25, 0.3) is 0 Å². The van der Waals surface area contributed by atoms with Crippen LogP contribution in [0.15, 0.2) is 0 Å². The topological polar surface area (TPSA) is 74.1 Å². The Kier molecular flexibility index (Phi) is 5.03. The van der Waals surface area contributed by atoms with E-state index in [1.165, 1.54) is 4.80 Å². The van der Waals surface area contributed by atoms with Crippen molar-refractivity contribution < 1.29 is 9.47 Å². The standard InChI is InChI=1S/C11H21N5O2/c1-3-4-12-9(10-8-17-5-6-18-10)7-11-13-15-16(2)14-11/h9-10,12H,3-8H2,1-2H3. The Balaban J connectivity index is 1.94. The average Bonchev–Trinajstić information content (AvgIpc) is 2.81. The van der Waals surface area contributed by atoms with E-state index in [1.807, 2.05) is 0 Å². The number of rotatable bonds is 6. The van der Waals surface area contributed by atoms with Crippen LogP contribution >= 0.6 is 0 Å². The van der Waals surface area contributed by atoms with E-state index in [-0.39, 0.29) is 12.1 Å². The van der Waals surface area contributed by atoms with E-state index in [2.05, 4.69) is 27.7 Å². The molecule has 0 spiro atoms. The van der Waals surface area contributed by atoms with Crippen molar-refractivity contribution in [2.75, 3.05) is 26.4 Å². The van der Waals surface area contributed by atoms with Crippen LogP contribution < -0.4 is 5.32 Å². The van der Waals surface area contributed by atoms with Gasteiger partial charge in [-0.2, -0.15) is 4.80 Å². The molecule has 7 nitrogen and oxygen atoms in total. The van der Waals surface area contributed by atoms with E-state index in [0.717, 1.165) is 18.8 Å². The molecular weight excluding hydrogens is 234 g/mol. The van der Waals surface area contributed by atoms with Crippen LogP contribution in [0.1, 0.15) is 19.2 Å². The SMILES string of the molecule is CCCNC(Cc1nnn(C)n1)C1COCCO1. The maximum atomic E-state index is 5.75. The minimum absolute atomic E-state index is 0.0640. The summed E-state index contributed by atoms with van der Waals surface area (Å²) in [6.07, 6.45) is 1.86. The van der Waals surface area contributed by atoms with E-state index in [9.17, 15) is 0 Å². The van der Waals surface area contributed by atoms with Gasteiger partial charge in [-0.05, 0) is 18.2 Å². The summed E-state index contributed by atoms with van der Waals surface area (Å²) in [7, 11) is 1.77. The van der Waals surface area contributed by atoms with Crippen LogP contribution in [0.2, 0.25) is 0 Å². The summed E-state index contributed by atoms with van der Waals surface area (Å²) >= 11 is 0. The van der Waals surface area contributed by atoms with Gasteiger partial charge in [-0.1, -0.05) is 6.92 Å². The lowest BCUT2D eigenvalue weighted by Gasteiger charge is -2.30. The molecule has 2 atom stereocenters. The van der Waals surface area contributed by atoms with Crippen molar-refractivity contribution in [1.29, 1.82) is 0 Å². The van der Waals surface area contributed by atoms with Gasteiger partial charge < -0.3 is 14.8 Å². The molecule has 18 heavy (non-hydrogen) atoms. The van der Waals surface area contributed by atoms with Gasteiger partial charge in [-0.25, -0.2) is 0 Å². The maximum Gasteiger partial charge on any atom is 0.176 e. The average molecular weight is 255 g/mol. The molecule has 2 rings (SSSR count). The number of nitrogens with zero attached hydrogens (tertiary/aromatic N) is 4. The lowest BCUT2D eigenvalue weighted by molar-refractivity contribution is -0.101. The largest absolute Gasteiger partial charge is 0.376 e. The first-order valence-electron chi connectivity index (χ1n) is 6.45. The maximum absolute atomic E-state index is 5.75. The first-order chi connectivity index (χ1) is 8.79. The number of aromatic nitrogens is 4. The van der Waals surface area contributed by atoms with Crippen molar-refractivity contribution in [3.63, 3.8) is 0 Å². The van der Waals surface area contributed by atoms with Crippen LogP contribution in [0, 0.1) is 0 Å². The van der Waals surface area contributed by atoms with Gasteiger partial charge in [0.1, 0.15) is 0 Å². The molecule has 0 aromatic carbocycles. The van der Waals surface area contributed by atoms with Crippen LogP contribution in [-0.2, 0) is 22.9 Å². The van der Waals surface area contributed by atoms with Gasteiger partial charge in [-0.3, -0.25) is 0 Å². The van der Waals surface area contributed by atoms with Crippen molar-refractivity contribution in [3.05, 3.63) is 5.82 Å². The highest BCUT2D eigenvalue weighted by molar-refractivity contribution is 4.89. The molecule has 0 amide bonds. The Morgan fingerprint density at radius 2 is 2.39 bits per heavy atom. The predicted molar refractivity (Wildman–Crippen MR) is 65.1 cm³/mol. The van der Waals surface area contributed by atoms with Gasteiger partial charge in [0, 0.05) is 12.5 Å². The Hall–Kier alpha value is -1.05. The molecular formula is C11H21N5O2. The molecule has 2 heterocycles. The summed E-state index contributed by atoms with van der Waals surface area (Å²) < 4.78 is 11.2. The van der Waals surface area contributed by atoms with Gasteiger partial charge in [0.25, 0.3) is 0 Å². The fourth-order valence-corrected chi connectivity index (χ4v) is 2.00. The first kappa shape index (κ1) is 13.4. The van der Waals surface area contributed by atoms with Crippen LogP contribution in [0.3, 0.4) is 0 Å². The normalized spacial score (nSPS) is 22.0. The number of tetrazole rings is 1. The third kappa shape index (κ3) is 3.72. The second kappa shape index (κ2) is 6.77. The zero-order valence-corrected chi connectivity index (χ0v) is 11.0. The highest BCUT2D eigenvalue weighted by Crippen LogP contribution is 2.09. The van der Waals surface area contributed by atoms with E-state index < -0.39 is 0 Å². The highest BCUT2D eigenvalue weighted by Gasteiger charge is 2.26. The summed E-state index contributed by atoms with van der Waals surface area (Å²) in [6.45, 7) is 5.05. The summed E-state index contributed by atoms with van der Waals surface area (Å²) in [5, 5.41) is 15.6. The van der Waals surface area contributed by atoms with E-state index in [1.54, 1.807) is 7.05 Å². The number of hydrogen-bond acceptors (Lipinski definition) is 6. The lowest BCUT2D eigenvalue weighted by atomic mass is 10.1. The van der Waals surface area contributed by atoms with Gasteiger partial charge in [0.05, 0.1) is 33.0 Å². The second-order valence-corrected chi connectivity index (χ2v) is 4.44. The van der Waals surface area contributed by atoms with Crippen molar-refractivity contribution in [1.82, 2.24) is 25.5 Å². The van der Waals surface area contributed by atoms with E-state index in [0.29, 0.717) is 26.2 Å². The molecule has 0 bridgehead atoms. The summed E-state index contributed by atoms with van der Waals surface area (Å²) in [5.74, 6) is 0.736. The van der Waals surface area contributed by atoms with Crippen LogP contribution in [0.4, 0.5) is 0 Å². The third-order valence-corrected chi connectivity index (χ3v) is 2.90. The molecule has 2 unspecified atom stereocenters. The molecule has 0 aliphatic carbocycles. The van der Waals surface area contributed by atoms with E-state index >= 15 is 0 Å². The molecule has 1 aromatic rings. The summed E-state index contributed by atoms with van der Waals surface area (Å²) in [5.41, 5.74) is 0. The minimum Gasteiger partial charge on any atom is -0.376 e. The van der Waals surface area contributed by atoms with Crippen molar-refractivity contribution >= 4 is 0 Å². The first-order valence-corrected chi connectivity index (χ1v) is 6.45. The van der Waals surface area contributed by atoms with Crippen LogP contribution in [0.5, 0.6) is 0 Å².